The van der Waals surface area contributed by atoms with Crippen LogP contribution in [0.5, 0.6) is 0 Å². The number of nitrogens with one attached hydrogen (secondary N) is 1. The molecule has 0 aromatic heterocycles. The predicted octanol–water partition coefficient (Wildman–Crippen LogP) is 1.12. The lowest BCUT2D eigenvalue weighted by Gasteiger charge is -2.32. The number of urea groups is 1. The molecule has 1 fully saturated rings. The molecule has 6 heteroatoms. The van der Waals surface area contributed by atoms with Gasteiger partial charge in [-0.3, -0.25) is 0 Å². The first-order chi connectivity index (χ1) is 10.2. The van der Waals surface area contributed by atoms with E-state index in [0.717, 1.165) is 5.56 Å². The van der Waals surface area contributed by atoms with Crippen molar-refractivity contribution in [1.82, 2.24) is 10.2 Å². The second-order valence-corrected chi connectivity index (χ2v) is 4.87. The lowest BCUT2D eigenvalue weighted by Crippen LogP contribution is -2.50. The fraction of sp³-hybridized carbons (Fsp3) is 0.467. The van der Waals surface area contributed by atoms with Crippen molar-refractivity contribution in [2.75, 3.05) is 33.4 Å². The number of morpholine rings is 1. The Kier molecular flexibility index (Phi) is 5.55. The van der Waals surface area contributed by atoms with E-state index in [1.807, 2.05) is 12.1 Å². The van der Waals surface area contributed by atoms with Crippen LogP contribution in [-0.4, -0.2) is 50.4 Å². The number of methoxy groups -OCH3 is 1. The molecule has 1 atom stereocenters. The first-order valence-corrected chi connectivity index (χ1v) is 6.85. The molecule has 0 radical (unpaired) electrons. The van der Waals surface area contributed by atoms with Crippen molar-refractivity contribution in [3.8, 4) is 6.07 Å². The van der Waals surface area contributed by atoms with Gasteiger partial charge in [-0.2, -0.15) is 5.26 Å². The van der Waals surface area contributed by atoms with Crippen LogP contribution in [0.2, 0.25) is 0 Å². The molecule has 1 aromatic carbocycles. The second kappa shape index (κ2) is 7.62. The summed E-state index contributed by atoms with van der Waals surface area (Å²) < 4.78 is 10.6. The minimum atomic E-state index is -0.123. The third-order valence-corrected chi connectivity index (χ3v) is 3.28. The van der Waals surface area contributed by atoms with Crippen LogP contribution in [0, 0.1) is 11.3 Å². The quantitative estimate of drug-likeness (QED) is 0.901. The number of rotatable bonds is 4. The van der Waals surface area contributed by atoms with Gasteiger partial charge in [-0.25, -0.2) is 4.79 Å². The van der Waals surface area contributed by atoms with E-state index in [0.29, 0.717) is 38.4 Å². The van der Waals surface area contributed by atoms with Crippen molar-refractivity contribution in [2.24, 2.45) is 0 Å². The fourth-order valence-electron chi connectivity index (χ4n) is 2.23. The van der Waals surface area contributed by atoms with Gasteiger partial charge in [0.2, 0.25) is 0 Å². The van der Waals surface area contributed by atoms with Gasteiger partial charge in [-0.1, -0.05) is 12.1 Å². The normalized spacial score (nSPS) is 18.1. The molecule has 0 unspecified atom stereocenters. The Morgan fingerprint density at radius 1 is 1.62 bits per heavy atom. The zero-order valence-electron chi connectivity index (χ0n) is 12.0. The zero-order chi connectivity index (χ0) is 15.1. The summed E-state index contributed by atoms with van der Waals surface area (Å²) in [7, 11) is 1.62. The number of hydrogen-bond acceptors (Lipinski definition) is 4. The van der Waals surface area contributed by atoms with E-state index in [2.05, 4.69) is 11.4 Å². The monoisotopic (exact) mass is 289 g/mol. The summed E-state index contributed by atoms with van der Waals surface area (Å²) in [5.41, 5.74) is 1.50. The Morgan fingerprint density at radius 2 is 2.48 bits per heavy atom. The smallest absolute Gasteiger partial charge is 0.317 e. The van der Waals surface area contributed by atoms with Crippen molar-refractivity contribution >= 4 is 6.03 Å². The maximum Gasteiger partial charge on any atom is 0.317 e. The highest BCUT2D eigenvalue weighted by Gasteiger charge is 2.23. The van der Waals surface area contributed by atoms with E-state index >= 15 is 0 Å². The van der Waals surface area contributed by atoms with Gasteiger partial charge in [0.15, 0.2) is 0 Å². The van der Waals surface area contributed by atoms with Gasteiger partial charge < -0.3 is 19.7 Å². The molecule has 1 aliphatic rings. The highest BCUT2D eigenvalue weighted by Crippen LogP contribution is 2.07. The maximum absolute atomic E-state index is 12.1. The lowest BCUT2D eigenvalue weighted by molar-refractivity contribution is -0.0494. The van der Waals surface area contributed by atoms with Crippen LogP contribution in [0.4, 0.5) is 4.79 Å². The van der Waals surface area contributed by atoms with Crippen molar-refractivity contribution < 1.29 is 14.3 Å². The number of amides is 2. The van der Waals surface area contributed by atoms with Gasteiger partial charge in [0.05, 0.1) is 37.5 Å². The molecule has 2 amide bonds. The van der Waals surface area contributed by atoms with E-state index in [-0.39, 0.29) is 12.1 Å². The van der Waals surface area contributed by atoms with Crippen LogP contribution in [0.25, 0.3) is 0 Å². The lowest BCUT2D eigenvalue weighted by atomic mass is 10.1. The molecule has 0 saturated carbocycles. The second-order valence-electron chi connectivity index (χ2n) is 4.87. The fourth-order valence-corrected chi connectivity index (χ4v) is 2.23. The van der Waals surface area contributed by atoms with Crippen LogP contribution in [0.15, 0.2) is 24.3 Å². The third kappa shape index (κ3) is 4.45. The van der Waals surface area contributed by atoms with E-state index in [9.17, 15) is 4.79 Å². The summed E-state index contributed by atoms with van der Waals surface area (Å²) in [4.78, 5) is 13.9. The van der Waals surface area contributed by atoms with Gasteiger partial charge in [0.25, 0.3) is 0 Å². The molecule has 21 heavy (non-hydrogen) atoms. The number of carbonyl (C=O) groups excluding carboxylic acids is 1. The number of ether oxygens (including phenoxy) is 2. The number of hydrogen-bond donors (Lipinski definition) is 1. The van der Waals surface area contributed by atoms with Crippen molar-refractivity contribution in [3.05, 3.63) is 35.4 Å². The molecule has 1 aromatic rings. The Bertz CT molecular complexity index is 525. The maximum atomic E-state index is 12.1. The minimum absolute atomic E-state index is 0.0728. The van der Waals surface area contributed by atoms with E-state index in [1.54, 1.807) is 24.1 Å². The molecule has 0 aliphatic carbocycles. The van der Waals surface area contributed by atoms with Crippen molar-refractivity contribution in [3.63, 3.8) is 0 Å². The topological polar surface area (TPSA) is 74.6 Å². The third-order valence-electron chi connectivity index (χ3n) is 3.28. The zero-order valence-corrected chi connectivity index (χ0v) is 12.0. The van der Waals surface area contributed by atoms with Gasteiger partial charge in [-0.05, 0) is 17.7 Å². The number of benzene rings is 1. The summed E-state index contributed by atoms with van der Waals surface area (Å²) in [5.74, 6) is 0. The molecular weight excluding hydrogens is 270 g/mol. The largest absolute Gasteiger partial charge is 0.382 e. The van der Waals surface area contributed by atoms with E-state index in [1.165, 1.54) is 0 Å². The summed E-state index contributed by atoms with van der Waals surface area (Å²) >= 11 is 0. The van der Waals surface area contributed by atoms with Crippen LogP contribution in [0.1, 0.15) is 11.1 Å². The first-order valence-electron chi connectivity index (χ1n) is 6.85. The van der Waals surface area contributed by atoms with Crippen LogP contribution in [-0.2, 0) is 16.0 Å². The number of carbonyl (C=O) groups is 1. The Labute approximate surface area is 124 Å². The molecule has 0 spiro atoms. The molecule has 1 heterocycles. The van der Waals surface area contributed by atoms with Gasteiger partial charge in [-0.15, -0.1) is 0 Å². The minimum Gasteiger partial charge on any atom is -0.382 e. The van der Waals surface area contributed by atoms with E-state index in [4.69, 9.17) is 14.7 Å². The molecule has 1 saturated heterocycles. The van der Waals surface area contributed by atoms with Crippen molar-refractivity contribution in [2.45, 2.75) is 12.6 Å². The van der Waals surface area contributed by atoms with Gasteiger partial charge >= 0.3 is 6.03 Å². The van der Waals surface area contributed by atoms with E-state index < -0.39 is 0 Å². The predicted molar refractivity (Wildman–Crippen MR) is 76.6 cm³/mol. The molecule has 1 N–H and O–H groups in total. The summed E-state index contributed by atoms with van der Waals surface area (Å²) in [6.07, 6.45) is -0.0728. The van der Waals surface area contributed by atoms with Gasteiger partial charge in [0, 0.05) is 20.2 Å². The number of nitrogens with zero attached hydrogens (tertiary/aromatic N) is 2. The van der Waals surface area contributed by atoms with Gasteiger partial charge in [0.1, 0.15) is 0 Å². The summed E-state index contributed by atoms with van der Waals surface area (Å²) in [6, 6.07) is 9.16. The first kappa shape index (κ1) is 15.3. The van der Waals surface area contributed by atoms with Crippen LogP contribution < -0.4 is 5.32 Å². The highest BCUT2D eigenvalue weighted by atomic mass is 16.5. The Hall–Kier alpha value is -2.10. The molecule has 2 rings (SSSR count). The molecule has 6 nitrogen and oxygen atoms in total. The Morgan fingerprint density at radius 3 is 3.24 bits per heavy atom. The summed E-state index contributed by atoms with van der Waals surface area (Å²) in [5, 5.41) is 11.7. The standard InChI is InChI=1S/C15H19N3O3/c1-20-11-14-10-18(5-6-21-14)15(19)17-9-13-4-2-3-12(7-13)8-16/h2-4,7,14H,5-6,9-11H2,1H3,(H,17,19)/t14-/m1/s1. The molecule has 1 aliphatic heterocycles. The SMILES string of the molecule is COC[C@H]1CN(C(=O)NCc2cccc(C#N)c2)CCO1. The van der Waals surface area contributed by atoms with Crippen LogP contribution >= 0.6 is 0 Å². The number of nitriles is 1. The Balaban J connectivity index is 1.85. The average molecular weight is 289 g/mol. The van der Waals surface area contributed by atoms with Crippen LogP contribution in [0.3, 0.4) is 0 Å². The highest BCUT2D eigenvalue weighted by molar-refractivity contribution is 5.74. The molecular formula is C15H19N3O3. The average Bonchev–Trinajstić information content (AvgIpc) is 2.53. The molecule has 112 valence electrons. The summed E-state index contributed by atoms with van der Waals surface area (Å²) in [6.45, 7) is 2.50. The molecule has 0 bridgehead atoms. The van der Waals surface area contributed by atoms with Crippen molar-refractivity contribution in [1.29, 1.82) is 5.26 Å².